The Kier molecular flexibility index (Phi) is 4.43. The standard InChI is InChI=1S/C12H15F2NO2/c1-8(5-12(16)17)7-15(2)9-3-4-10(13)11(14)6-9/h3-4,6,8H,5,7H2,1-2H3,(H,16,17). The summed E-state index contributed by atoms with van der Waals surface area (Å²) in [5.41, 5.74) is 0.529. The normalized spacial score (nSPS) is 12.2. The number of carboxylic acids is 1. The zero-order valence-electron chi connectivity index (χ0n) is 9.78. The van der Waals surface area contributed by atoms with Gasteiger partial charge >= 0.3 is 5.97 Å². The molecule has 5 heteroatoms. The van der Waals surface area contributed by atoms with Gasteiger partial charge in [-0.25, -0.2) is 8.78 Å². The van der Waals surface area contributed by atoms with Crippen molar-refractivity contribution < 1.29 is 18.7 Å². The molecule has 0 amide bonds. The van der Waals surface area contributed by atoms with Gasteiger partial charge in [0.2, 0.25) is 0 Å². The third-order valence-corrected chi connectivity index (χ3v) is 2.45. The topological polar surface area (TPSA) is 40.5 Å². The molecule has 17 heavy (non-hydrogen) atoms. The average molecular weight is 243 g/mol. The lowest BCUT2D eigenvalue weighted by Gasteiger charge is -2.22. The van der Waals surface area contributed by atoms with Gasteiger partial charge in [-0.15, -0.1) is 0 Å². The molecule has 0 aliphatic carbocycles. The van der Waals surface area contributed by atoms with Crippen LogP contribution in [0.4, 0.5) is 14.5 Å². The van der Waals surface area contributed by atoms with Crippen LogP contribution in [0.3, 0.4) is 0 Å². The molecule has 1 unspecified atom stereocenters. The Bertz CT molecular complexity index is 409. The number of carbonyl (C=O) groups is 1. The van der Waals surface area contributed by atoms with Crippen molar-refractivity contribution >= 4 is 11.7 Å². The van der Waals surface area contributed by atoms with E-state index in [1.807, 2.05) is 0 Å². The van der Waals surface area contributed by atoms with Crippen molar-refractivity contribution in [3.8, 4) is 0 Å². The predicted octanol–water partition coefficient (Wildman–Crippen LogP) is 2.51. The minimum absolute atomic E-state index is 0.0496. The van der Waals surface area contributed by atoms with Crippen LogP contribution in [0.1, 0.15) is 13.3 Å². The summed E-state index contributed by atoms with van der Waals surface area (Å²) in [6, 6.07) is 3.62. The molecule has 0 aliphatic rings. The van der Waals surface area contributed by atoms with Crippen LogP contribution in [0.15, 0.2) is 18.2 Å². The number of hydrogen-bond donors (Lipinski definition) is 1. The van der Waals surface area contributed by atoms with Crippen molar-refractivity contribution in [2.24, 2.45) is 5.92 Å². The minimum Gasteiger partial charge on any atom is -0.481 e. The first kappa shape index (κ1) is 13.4. The Labute approximate surface area is 98.7 Å². The van der Waals surface area contributed by atoms with E-state index in [-0.39, 0.29) is 12.3 Å². The Morgan fingerprint density at radius 2 is 2.06 bits per heavy atom. The summed E-state index contributed by atoms with van der Waals surface area (Å²) in [6.45, 7) is 2.27. The van der Waals surface area contributed by atoms with E-state index in [4.69, 9.17) is 5.11 Å². The van der Waals surface area contributed by atoms with Crippen molar-refractivity contribution in [1.82, 2.24) is 0 Å². The van der Waals surface area contributed by atoms with E-state index in [1.165, 1.54) is 6.07 Å². The molecule has 1 aromatic carbocycles. The van der Waals surface area contributed by atoms with E-state index in [2.05, 4.69) is 0 Å². The zero-order valence-corrected chi connectivity index (χ0v) is 9.78. The monoisotopic (exact) mass is 243 g/mol. The number of nitrogens with zero attached hydrogens (tertiary/aromatic N) is 1. The van der Waals surface area contributed by atoms with Crippen molar-refractivity contribution in [2.75, 3.05) is 18.5 Å². The number of rotatable bonds is 5. The van der Waals surface area contributed by atoms with E-state index >= 15 is 0 Å². The maximum atomic E-state index is 13.0. The molecule has 0 fully saturated rings. The van der Waals surface area contributed by atoms with Gasteiger partial charge < -0.3 is 10.0 Å². The third kappa shape index (κ3) is 4.01. The number of hydrogen-bond acceptors (Lipinski definition) is 2. The van der Waals surface area contributed by atoms with Crippen LogP contribution in [0.2, 0.25) is 0 Å². The molecule has 0 bridgehead atoms. The summed E-state index contributed by atoms with van der Waals surface area (Å²) in [5, 5.41) is 8.62. The fourth-order valence-electron chi connectivity index (χ4n) is 1.66. The summed E-state index contributed by atoms with van der Waals surface area (Å²) in [4.78, 5) is 12.2. The van der Waals surface area contributed by atoms with Gasteiger partial charge in [0.15, 0.2) is 11.6 Å². The maximum Gasteiger partial charge on any atom is 0.303 e. The van der Waals surface area contributed by atoms with Crippen molar-refractivity contribution in [3.05, 3.63) is 29.8 Å². The molecule has 0 spiro atoms. The molecule has 3 nitrogen and oxygen atoms in total. The molecular formula is C12H15F2NO2. The molecule has 0 saturated heterocycles. The van der Waals surface area contributed by atoms with Gasteiger partial charge in [0.05, 0.1) is 0 Å². The lowest BCUT2D eigenvalue weighted by atomic mass is 10.1. The lowest BCUT2D eigenvalue weighted by Crippen LogP contribution is -2.25. The largest absolute Gasteiger partial charge is 0.481 e. The second-order valence-corrected chi connectivity index (χ2v) is 4.18. The first-order chi connectivity index (χ1) is 7.90. The number of anilines is 1. The fourth-order valence-corrected chi connectivity index (χ4v) is 1.66. The van der Waals surface area contributed by atoms with Crippen LogP contribution in [0, 0.1) is 17.6 Å². The summed E-state index contributed by atoms with van der Waals surface area (Å²) >= 11 is 0. The van der Waals surface area contributed by atoms with Gasteiger partial charge in [-0.2, -0.15) is 0 Å². The fraction of sp³-hybridized carbons (Fsp3) is 0.417. The molecular weight excluding hydrogens is 228 g/mol. The molecule has 1 aromatic rings. The first-order valence-corrected chi connectivity index (χ1v) is 5.28. The lowest BCUT2D eigenvalue weighted by molar-refractivity contribution is -0.137. The van der Waals surface area contributed by atoms with Crippen molar-refractivity contribution in [1.29, 1.82) is 0 Å². The van der Waals surface area contributed by atoms with E-state index < -0.39 is 17.6 Å². The van der Waals surface area contributed by atoms with E-state index in [0.29, 0.717) is 12.2 Å². The minimum atomic E-state index is -0.903. The van der Waals surface area contributed by atoms with Crippen LogP contribution in [0.5, 0.6) is 0 Å². The molecule has 1 atom stereocenters. The molecule has 1 rings (SSSR count). The summed E-state index contributed by atoms with van der Waals surface area (Å²) in [6.07, 6.45) is 0.0496. The smallest absolute Gasteiger partial charge is 0.303 e. The van der Waals surface area contributed by atoms with Crippen LogP contribution in [-0.4, -0.2) is 24.7 Å². The van der Waals surface area contributed by atoms with Gasteiger partial charge in [0.25, 0.3) is 0 Å². The van der Waals surface area contributed by atoms with Crippen molar-refractivity contribution in [2.45, 2.75) is 13.3 Å². The number of benzene rings is 1. The molecule has 0 heterocycles. The van der Waals surface area contributed by atoms with Gasteiger partial charge in [-0.3, -0.25) is 4.79 Å². The second kappa shape index (κ2) is 5.61. The molecule has 0 aromatic heterocycles. The summed E-state index contributed by atoms with van der Waals surface area (Å²) in [5.74, 6) is -2.72. The molecule has 94 valence electrons. The summed E-state index contributed by atoms with van der Waals surface area (Å²) < 4.78 is 25.7. The third-order valence-electron chi connectivity index (χ3n) is 2.45. The van der Waals surface area contributed by atoms with Crippen LogP contribution in [0.25, 0.3) is 0 Å². The highest BCUT2D eigenvalue weighted by Crippen LogP contribution is 2.18. The van der Waals surface area contributed by atoms with Gasteiger partial charge in [-0.05, 0) is 18.1 Å². The Hall–Kier alpha value is -1.65. The van der Waals surface area contributed by atoms with Crippen LogP contribution in [-0.2, 0) is 4.79 Å². The number of carboxylic acid groups (broad SMARTS) is 1. The predicted molar refractivity (Wildman–Crippen MR) is 61.0 cm³/mol. The van der Waals surface area contributed by atoms with Gasteiger partial charge in [0, 0.05) is 31.8 Å². The summed E-state index contributed by atoms with van der Waals surface area (Å²) in [7, 11) is 1.71. The SMILES string of the molecule is CC(CC(=O)O)CN(C)c1ccc(F)c(F)c1. The molecule has 0 saturated carbocycles. The van der Waals surface area contributed by atoms with Crippen LogP contribution >= 0.6 is 0 Å². The highest BCUT2D eigenvalue weighted by Gasteiger charge is 2.12. The van der Waals surface area contributed by atoms with Gasteiger partial charge in [-0.1, -0.05) is 6.92 Å². The quantitative estimate of drug-likeness (QED) is 0.863. The maximum absolute atomic E-state index is 13.0. The number of aliphatic carboxylic acids is 1. The Morgan fingerprint density at radius 1 is 1.41 bits per heavy atom. The average Bonchev–Trinajstić information content (AvgIpc) is 2.20. The second-order valence-electron chi connectivity index (χ2n) is 4.18. The van der Waals surface area contributed by atoms with Crippen LogP contribution < -0.4 is 4.90 Å². The van der Waals surface area contributed by atoms with E-state index in [9.17, 15) is 13.6 Å². The van der Waals surface area contributed by atoms with E-state index in [1.54, 1.807) is 18.9 Å². The Balaban J connectivity index is 2.66. The Morgan fingerprint density at radius 3 is 2.59 bits per heavy atom. The molecule has 0 radical (unpaired) electrons. The highest BCUT2D eigenvalue weighted by atomic mass is 19.2. The van der Waals surface area contributed by atoms with Gasteiger partial charge in [0.1, 0.15) is 0 Å². The highest BCUT2D eigenvalue weighted by molar-refractivity contribution is 5.67. The first-order valence-electron chi connectivity index (χ1n) is 5.28. The van der Waals surface area contributed by atoms with E-state index in [0.717, 1.165) is 12.1 Å². The zero-order chi connectivity index (χ0) is 13.0. The number of halogens is 2. The molecule has 1 N–H and O–H groups in total. The van der Waals surface area contributed by atoms with Crippen molar-refractivity contribution in [3.63, 3.8) is 0 Å². The molecule has 0 aliphatic heterocycles.